The van der Waals surface area contributed by atoms with Crippen LogP contribution in [0.2, 0.25) is 0 Å². The molecular formula is C16H27N3O. The van der Waals surface area contributed by atoms with Gasteiger partial charge in [-0.05, 0) is 46.9 Å². The molecule has 1 fully saturated rings. The van der Waals surface area contributed by atoms with Crippen LogP contribution in [0, 0.1) is 0 Å². The van der Waals surface area contributed by atoms with Crippen LogP contribution in [0.25, 0.3) is 0 Å². The maximum atomic E-state index is 6.03. The van der Waals surface area contributed by atoms with Gasteiger partial charge in [-0.25, -0.2) is 0 Å². The van der Waals surface area contributed by atoms with Crippen molar-refractivity contribution in [3.8, 4) is 5.75 Å². The molecule has 112 valence electrons. The van der Waals surface area contributed by atoms with Crippen LogP contribution in [0.3, 0.4) is 0 Å². The molecule has 1 aliphatic rings. The summed E-state index contributed by atoms with van der Waals surface area (Å²) in [6.45, 7) is 6.25. The molecule has 2 N–H and O–H groups in total. The Hall–Kier alpha value is -1.42. The highest BCUT2D eigenvalue weighted by molar-refractivity contribution is 5.61. The number of likely N-dealkylation sites (N-methyl/N-ethyl adjacent to an activating group) is 1. The highest BCUT2D eigenvalue weighted by atomic mass is 16.5. The second kappa shape index (κ2) is 6.35. The van der Waals surface area contributed by atoms with E-state index in [0.717, 1.165) is 24.5 Å². The van der Waals surface area contributed by atoms with E-state index in [0.29, 0.717) is 6.04 Å². The van der Waals surface area contributed by atoms with Gasteiger partial charge in [0.1, 0.15) is 5.75 Å². The first-order chi connectivity index (χ1) is 9.45. The molecule has 1 heterocycles. The summed E-state index contributed by atoms with van der Waals surface area (Å²) in [6, 6.07) is 6.64. The van der Waals surface area contributed by atoms with E-state index in [2.05, 4.69) is 36.0 Å². The summed E-state index contributed by atoms with van der Waals surface area (Å²) in [4.78, 5) is 4.71. The highest BCUT2D eigenvalue weighted by Gasteiger charge is 2.25. The van der Waals surface area contributed by atoms with Gasteiger partial charge in [0, 0.05) is 42.6 Å². The largest absolute Gasteiger partial charge is 0.491 e. The van der Waals surface area contributed by atoms with Gasteiger partial charge in [0.2, 0.25) is 0 Å². The number of nitrogen functional groups attached to an aromatic ring is 1. The number of rotatable bonds is 5. The SMILES string of the molecule is CC(C)Oc1cc(N)cc(N2CCCC2CN(C)C)c1. The molecule has 1 aromatic carbocycles. The average molecular weight is 277 g/mol. The molecule has 4 nitrogen and oxygen atoms in total. The van der Waals surface area contributed by atoms with Crippen LogP contribution in [-0.4, -0.2) is 44.2 Å². The van der Waals surface area contributed by atoms with E-state index in [1.165, 1.54) is 18.5 Å². The number of benzene rings is 1. The standard InChI is InChI=1S/C16H27N3O/c1-12(2)20-16-9-13(17)8-15(10-16)19-7-5-6-14(19)11-18(3)4/h8-10,12,14H,5-7,11,17H2,1-4H3. The van der Waals surface area contributed by atoms with Crippen molar-refractivity contribution in [1.82, 2.24) is 4.90 Å². The molecule has 2 rings (SSSR count). The quantitative estimate of drug-likeness (QED) is 0.840. The van der Waals surface area contributed by atoms with Gasteiger partial charge in [0.25, 0.3) is 0 Å². The molecule has 0 aromatic heterocycles. The average Bonchev–Trinajstić information content (AvgIpc) is 2.74. The van der Waals surface area contributed by atoms with Crippen LogP contribution in [0.1, 0.15) is 26.7 Å². The monoisotopic (exact) mass is 277 g/mol. The molecule has 0 radical (unpaired) electrons. The third-order valence-corrected chi connectivity index (χ3v) is 3.57. The zero-order chi connectivity index (χ0) is 14.7. The third kappa shape index (κ3) is 3.79. The first-order valence-corrected chi connectivity index (χ1v) is 7.44. The van der Waals surface area contributed by atoms with E-state index >= 15 is 0 Å². The van der Waals surface area contributed by atoms with Gasteiger partial charge in [-0.3, -0.25) is 0 Å². The number of ether oxygens (including phenoxy) is 1. The molecule has 0 aliphatic carbocycles. The molecule has 1 atom stereocenters. The molecule has 0 bridgehead atoms. The highest BCUT2D eigenvalue weighted by Crippen LogP contribution is 2.31. The molecule has 0 amide bonds. The van der Waals surface area contributed by atoms with Crippen molar-refractivity contribution < 1.29 is 4.74 Å². The lowest BCUT2D eigenvalue weighted by atomic mass is 10.2. The second-order valence-electron chi connectivity index (χ2n) is 6.18. The van der Waals surface area contributed by atoms with Crippen LogP contribution < -0.4 is 15.4 Å². The fourth-order valence-electron chi connectivity index (χ4n) is 2.90. The first kappa shape index (κ1) is 15.0. The predicted octanol–water partition coefficient (Wildman–Crippen LogP) is 2.59. The first-order valence-electron chi connectivity index (χ1n) is 7.44. The number of nitrogens with zero attached hydrogens (tertiary/aromatic N) is 2. The lowest BCUT2D eigenvalue weighted by molar-refractivity contribution is 0.242. The van der Waals surface area contributed by atoms with Crippen LogP contribution in [0.15, 0.2) is 18.2 Å². The van der Waals surface area contributed by atoms with Crippen molar-refractivity contribution in [3.05, 3.63) is 18.2 Å². The minimum atomic E-state index is 0.167. The summed E-state index contributed by atoms with van der Waals surface area (Å²) >= 11 is 0. The molecule has 1 saturated heterocycles. The zero-order valence-electron chi connectivity index (χ0n) is 13.1. The number of hydrogen-bond acceptors (Lipinski definition) is 4. The van der Waals surface area contributed by atoms with E-state index in [1.807, 2.05) is 19.9 Å². The topological polar surface area (TPSA) is 41.7 Å². The Bertz CT molecular complexity index is 445. The fraction of sp³-hybridized carbons (Fsp3) is 0.625. The Morgan fingerprint density at radius 1 is 1.35 bits per heavy atom. The summed E-state index contributed by atoms with van der Waals surface area (Å²) in [5.74, 6) is 0.866. The summed E-state index contributed by atoms with van der Waals surface area (Å²) < 4.78 is 5.79. The van der Waals surface area contributed by atoms with Gasteiger partial charge in [0.05, 0.1) is 6.10 Å². The van der Waals surface area contributed by atoms with Gasteiger partial charge in [-0.2, -0.15) is 0 Å². The molecule has 0 spiro atoms. The van der Waals surface area contributed by atoms with Gasteiger partial charge < -0.3 is 20.3 Å². The molecule has 0 saturated carbocycles. The van der Waals surface area contributed by atoms with E-state index in [4.69, 9.17) is 10.5 Å². The molecule has 1 aliphatic heterocycles. The van der Waals surface area contributed by atoms with Gasteiger partial charge >= 0.3 is 0 Å². The van der Waals surface area contributed by atoms with Crippen molar-refractivity contribution in [2.75, 3.05) is 37.8 Å². The summed E-state index contributed by atoms with van der Waals surface area (Å²) in [5, 5.41) is 0. The van der Waals surface area contributed by atoms with Crippen molar-refractivity contribution in [1.29, 1.82) is 0 Å². The summed E-state index contributed by atoms with van der Waals surface area (Å²) in [6.07, 6.45) is 2.65. The Morgan fingerprint density at radius 2 is 2.10 bits per heavy atom. The van der Waals surface area contributed by atoms with Crippen molar-refractivity contribution >= 4 is 11.4 Å². The van der Waals surface area contributed by atoms with E-state index in [-0.39, 0.29) is 6.10 Å². The Balaban J connectivity index is 2.20. The minimum absolute atomic E-state index is 0.167. The third-order valence-electron chi connectivity index (χ3n) is 3.57. The Kier molecular flexibility index (Phi) is 4.76. The maximum absolute atomic E-state index is 6.03. The minimum Gasteiger partial charge on any atom is -0.491 e. The van der Waals surface area contributed by atoms with Crippen molar-refractivity contribution in [2.45, 2.75) is 38.8 Å². The fourth-order valence-corrected chi connectivity index (χ4v) is 2.90. The Labute approximate surface area is 122 Å². The molecule has 20 heavy (non-hydrogen) atoms. The molecule has 1 aromatic rings. The Morgan fingerprint density at radius 3 is 2.75 bits per heavy atom. The zero-order valence-corrected chi connectivity index (χ0v) is 13.1. The summed E-state index contributed by atoms with van der Waals surface area (Å²) in [7, 11) is 4.26. The van der Waals surface area contributed by atoms with E-state index in [9.17, 15) is 0 Å². The molecule has 1 unspecified atom stereocenters. The van der Waals surface area contributed by atoms with Gasteiger partial charge in [-0.1, -0.05) is 0 Å². The van der Waals surface area contributed by atoms with Crippen LogP contribution >= 0.6 is 0 Å². The van der Waals surface area contributed by atoms with E-state index in [1.54, 1.807) is 0 Å². The number of anilines is 2. The van der Waals surface area contributed by atoms with Crippen LogP contribution in [-0.2, 0) is 0 Å². The smallest absolute Gasteiger partial charge is 0.123 e. The number of hydrogen-bond donors (Lipinski definition) is 1. The normalized spacial score (nSPS) is 19.1. The summed E-state index contributed by atoms with van der Waals surface area (Å²) in [5.41, 5.74) is 7.99. The molecular weight excluding hydrogens is 250 g/mol. The van der Waals surface area contributed by atoms with Crippen molar-refractivity contribution in [2.24, 2.45) is 0 Å². The lowest BCUT2D eigenvalue weighted by Gasteiger charge is -2.29. The van der Waals surface area contributed by atoms with Gasteiger partial charge in [0.15, 0.2) is 0 Å². The number of nitrogens with two attached hydrogens (primary N) is 1. The maximum Gasteiger partial charge on any atom is 0.123 e. The molecule has 4 heteroatoms. The van der Waals surface area contributed by atoms with Crippen LogP contribution in [0.4, 0.5) is 11.4 Å². The van der Waals surface area contributed by atoms with Crippen molar-refractivity contribution in [3.63, 3.8) is 0 Å². The lowest BCUT2D eigenvalue weighted by Crippen LogP contribution is -2.37. The van der Waals surface area contributed by atoms with Crippen LogP contribution in [0.5, 0.6) is 5.75 Å². The predicted molar refractivity (Wildman–Crippen MR) is 85.5 cm³/mol. The van der Waals surface area contributed by atoms with E-state index < -0.39 is 0 Å². The van der Waals surface area contributed by atoms with Gasteiger partial charge in [-0.15, -0.1) is 0 Å². The second-order valence-corrected chi connectivity index (χ2v) is 6.18.